The van der Waals surface area contributed by atoms with Crippen LogP contribution in [0.3, 0.4) is 0 Å². The average Bonchev–Trinajstić information content (AvgIpc) is 3.16. The van der Waals surface area contributed by atoms with Crippen molar-refractivity contribution in [2.45, 2.75) is 58.0 Å². The highest BCUT2D eigenvalue weighted by Gasteiger charge is 2.27. The Morgan fingerprint density at radius 2 is 1.75 bits per heavy atom. The molecule has 3 rings (SSSR count). The molecule has 0 aliphatic heterocycles. The van der Waals surface area contributed by atoms with Gasteiger partial charge in [0.15, 0.2) is 0 Å². The van der Waals surface area contributed by atoms with Crippen molar-refractivity contribution in [1.82, 2.24) is 9.88 Å². The minimum atomic E-state index is 0.0746. The first-order valence-electron chi connectivity index (χ1n) is 9.19. The van der Waals surface area contributed by atoms with Gasteiger partial charge in [0, 0.05) is 24.4 Å². The van der Waals surface area contributed by atoms with Crippen LogP contribution < -0.4 is 5.32 Å². The van der Waals surface area contributed by atoms with Crippen LogP contribution in [0.2, 0.25) is 0 Å². The van der Waals surface area contributed by atoms with Crippen LogP contribution in [-0.2, 0) is 11.2 Å². The molecule has 0 radical (unpaired) electrons. The lowest BCUT2D eigenvalue weighted by Gasteiger charge is -2.29. The predicted octanol–water partition coefficient (Wildman–Crippen LogP) is 4.66. The summed E-state index contributed by atoms with van der Waals surface area (Å²) in [5.74, 6) is 0.377. The molecule has 1 N–H and O–H groups in total. The van der Waals surface area contributed by atoms with Crippen molar-refractivity contribution in [1.29, 1.82) is 0 Å². The summed E-state index contributed by atoms with van der Waals surface area (Å²) in [6.07, 6.45) is 9.46. The molecule has 3 heteroatoms. The molecule has 2 aromatic rings. The highest BCUT2D eigenvalue weighted by Crippen LogP contribution is 2.32. The molecule has 1 aromatic heterocycles. The molecule has 0 saturated heterocycles. The van der Waals surface area contributed by atoms with E-state index in [-0.39, 0.29) is 17.9 Å². The van der Waals surface area contributed by atoms with Gasteiger partial charge in [-0.25, -0.2) is 0 Å². The quantitative estimate of drug-likeness (QED) is 0.853. The maximum atomic E-state index is 12.6. The number of benzene rings is 1. The lowest BCUT2D eigenvalue weighted by molar-refractivity contribution is -0.126. The minimum absolute atomic E-state index is 0.0746. The second-order valence-corrected chi connectivity index (χ2v) is 6.96. The van der Waals surface area contributed by atoms with E-state index in [1.54, 1.807) is 0 Å². The van der Waals surface area contributed by atoms with E-state index in [0.717, 1.165) is 32.1 Å². The SMILES string of the molecule is CCc1ccc([C@@H](C)NC(=O)C2CCC(n3cccc3)CC2)cc1. The van der Waals surface area contributed by atoms with Crippen molar-refractivity contribution >= 4 is 5.91 Å². The second kappa shape index (κ2) is 7.69. The Hall–Kier alpha value is -2.03. The number of aryl methyl sites for hydroxylation is 1. The molecule has 128 valence electrons. The zero-order valence-corrected chi connectivity index (χ0v) is 14.7. The van der Waals surface area contributed by atoms with Gasteiger partial charge in [-0.3, -0.25) is 4.79 Å². The number of hydrogen-bond donors (Lipinski definition) is 1. The Morgan fingerprint density at radius 3 is 2.33 bits per heavy atom. The van der Waals surface area contributed by atoms with Gasteiger partial charge < -0.3 is 9.88 Å². The van der Waals surface area contributed by atoms with E-state index >= 15 is 0 Å². The lowest BCUT2D eigenvalue weighted by atomic mass is 9.85. The largest absolute Gasteiger partial charge is 0.351 e. The number of nitrogens with zero attached hydrogens (tertiary/aromatic N) is 1. The van der Waals surface area contributed by atoms with Crippen molar-refractivity contribution in [3.05, 3.63) is 59.9 Å². The molecular weight excluding hydrogens is 296 g/mol. The van der Waals surface area contributed by atoms with Crippen molar-refractivity contribution in [2.75, 3.05) is 0 Å². The molecule has 0 unspecified atom stereocenters. The molecule has 1 aliphatic carbocycles. The van der Waals surface area contributed by atoms with E-state index in [0.29, 0.717) is 6.04 Å². The van der Waals surface area contributed by atoms with E-state index in [1.165, 1.54) is 11.1 Å². The molecule has 3 nitrogen and oxygen atoms in total. The van der Waals surface area contributed by atoms with Crippen LogP contribution >= 0.6 is 0 Å². The lowest BCUT2D eigenvalue weighted by Crippen LogP contribution is -2.35. The Bertz CT molecular complexity index is 637. The number of nitrogens with one attached hydrogen (secondary N) is 1. The van der Waals surface area contributed by atoms with Gasteiger partial charge in [0.05, 0.1) is 6.04 Å². The number of carbonyl (C=O) groups is 1. The summed E-state index contributed by atoms with van der Waals surface area (Å²) >= 11 is 0. The van der Waals surface area contributed by atoms with Gasteiger partial charge in [0.2, 0.25) is 5.91 Å². The van der Waals surface area contributed by atoms with Gasteiger partial charge in [-0.05, 0) is 62.3 Å². The highest BCUT2D eigenvalue weighted by molar-refractivity contribution is 5.79. The molecule has 1 fully saturated rings. The van der Waals surface area contributed by atoms with Gasteiger partial charge in [0.25, 0.3) is 0 Å². The van der Waals surface area contributed by atoms with Gasteiger partial charge in [-0.2, -0.15) is 0 Å². The first-order valence-corrected chi connectivity index (χ1v) is 9.19. The van der Waals surface area contributed by atoms with Crippen molar-refractivity contribution in [3.63, 3.8) is 0 Å². The average molecular weight is 324 g/mol. The smallest absolute Gasteiger partial charge is 0.223 e. The zero-order valence-electron chi connectivity index (χ0n) is 14.7. The summed E-state index contributed by atoms with van der Waals surface area (Å²) in [5, 5.41) is 3.21. The molecule has 1 aliphatic rings. The molecule has 1 amide bonds. The summed E-state index contributed by atoms with van der Waals surface area (Å²) in [6, 6.07) is 13.3. The molecule has 1 atom stereocenters. The van der Waals surface area contributed by atoms with Crippen LogP contribution in [0, 0.1) is 5.92 Å². The maximum absolute atomic E-state index is 12.6. The van der Waals surface area contributed by atoms with Gasteiger partial charge in [0.1, 0.15) is 0 Å². The van der Waals surface area contributed by atoms with E-state index in [1.807, 2.05) is 0 Å². The van der Waals surface area contributed by atoms with Gasteiger partial charge in [-0.15, -0.1) is 0 Å². The molecule has 24 heavy (non-hydrogen) atoms. The third-order valence-corrected chi connectivity index (χ3v) is 5.36. The van der Waals surface area contributed by atoms with Crippen LogP contribution in [0.15, 0.2) is 48.8 Å². The summed E-state index contributed by atoms with van der Waals surface area (Å²) in [4.78, 5) is 12.6. The van der Waals surface area contributed by atoms with E-state index < -0.39 is 0 Å². The third-order valence-electron chi connectivity index (χ3n) is 5.36. The summed E-state index contributed by atoms with van der Waals surface area (Å²) in [6.45, 7) is 4.23. The second-order valence-electron chi connectivity index (χ2n) is 6.96. The molecule has 0 spiro atoms. The topological polar surface area (TPSA) is 34.0 Å². The summed E-state index contributed by atoms with van der Waals surface area (Å²) in [7, 11) is 0. The van der Waals surface area contributed by atoms with E-state index in [2.05, 4.69) is 72.5 Å². The van der Waals surface area contributed by atoms with Gasteiger partial charge >= 0.3 is 0 Å². The van der Waals surface area contributed by atoms with E-state index in [4.69, 9.17) is 0 Å². The fourth-order valence-corrected chi connectivity index (χ4v) is 3.68. The Kier molecular flexibility index (Phi) is 5.39. The number of hydrogen-bond acceptors (Lipinski definition) is 1. The number of aromatic nitrogens is 1. The van der Waals surface area contributed by atoms with Crippen LogP contribution in [-0.4, -0.2) is 10.5 Å². The van der Waals surface area contributed by atoms with Crippen LogP contribution in [0.5, 0.6) is 0 Å². The normalized spacial score (nSPS) is 22.1. The Balaban J connectivity index is 1.51. The molecule has 0 bridgehead atoms. The summed E-state index contributed by atoms with van der Waals surface area (Å²) in [5.41, 5.74) is 2.52. The van der Waals surface area contributed by atoms with Crippen LogP contribution in [0.1, 0.15) is 62.7 Å². The fourth-order valence-electron chi connectivity index (χ4n) is 3.68. The first kappa shape index (κ1) is 16.8. The van der Waals surface area contributed by atoms with Crippen molar-refractivity contribution in [2.24, 2.45) is 5.92 Å². The molecule has 1 aromatic carbocycles. The van der Waals surface area contributed by atoms with Crippen molar-refractivity contribution < 1.29 is 4.79 Å². The highest BCUT2D eigenvalue weighted by atomic mass is 16.1. The first-order chi connectivity index (χ1) is 11.7. The molecule has 1 heterocycles. The number of carbonyl (C=O) groups excluding carboxylic acids is 1. The van der Waals surface area contributed by atoms with E-state index in [9.17, 15) is 4.79 Å². The fraction of sp³-hybridized carbons (Fsp3) is 0.476. The number of amides is 1. The third kappa shape index (κ3) is 3.89. The zero-order chi connectivity index (χ0) is 16.9. The molecular formula is C21H28N2O. The van der Waals surface area contributed by atoms with Crippen LogP contribution in [0.4, 0.5) is 0 Å². The monoisotopic (exact) mass is 324 g/mol. The van der Waals surface area contributed by atoms with Gasteiger partial charge in [-0.1, -0.05) is 31.2 Å². The standard InChI is InChI=1S/C21H28N2O/c1-3-17-6-8-18(9-7-17)16(2)22-21(24)19-10-12-20(13-11-19)23-14-4-5-15-23/h4-9,14-16,19-20H,3,10-13H2,1-2H3,(H,22,24)/t16-,19?,20?/m1/s1. The van der Waals surface area contributed by atoms with Crippen LogP contribution in [0.25, 0.3) is 0 Å². The Morgan fingerprint density at radius 1 is 1.12 bits per heavy atom. The Labute approximate surface area is 145 Å². The van der Waals surface area contributed by atoms with Crippen molar-refractivity contribution in [3.8, 4) is 0 Å². The maximum Gasteiger partial charge on any atom is 0.223 e. The minimum Gasteiger partial charge on any atom is -0.351 e. The number of rotatable bonds is 5. The predicted molar refractivity (Wildman–Crippen MR) is 97.8 cm³/mol. The summed E-state index contributed by atoms with van der Waals surface area (Å²) < 4.78 is 2.28. The molecule has 1 saturated carbocycles.